The summed E-state index contributed by atoms with van der Waals surface area (Å²) in [5, 5.41) is 12.1. The van der Waals surface area contributed by atoms with Gasteiger partial charge in [0.2, 0.25) is 5.91 Å². The van der Waals surface area contributed by atoms with Gasteiger partial charge >= 0.3 is 5.97 Å². The van der Waals surface area contributed by atoms with Gasteiger partial charge in [0.05, 0.1) is 6.54 Å². The summed E-state index contributed by atoms with van der Waals surface area (Å²) in [5.74, 6) is -1.36. The van der Waals surface area contributed by atoms with Gasteiger partial charge in [0.1, 0.15) is 6.54 Å². The summed E-state index contributed by atoms with van der Waals surface area (Å²) in [6, 6.07) is 3.59. The molecular formula is C14H16Cl2N2O3. The third-order valence-electron chi connectivity index (χ3n) is 3.60. The van der Waals surface area contributed by atoms with Crippen LogP contribution in [0, 0.1) is 0 Å². The van der Waals surface area contributed by atoms with Crippen molar-refractivity contribution in [1.29, 1.82) is 0 Å². The lowest BCUT2D eigenvalue weighted by Crippen LogP contribution is -2.43. The molecule has 0 saturated carbocycles. The Kier molecular flexibility index (Phi) is 5.08. The number of carbonyl (C=O) groups is 2. The number of hydrogen-bond acceptors (Lipinski definition) is 3. The first-order valence-electron chi connectivity index (χ1n) is 6.59. The van der Waals surface area contributed by atoms with Gasteiger partial charge in [-0.2, -0.15) is 0 Å². The first kappa shape index (κ1) is 16.1. The lowest BCUT2D eigenvalue weighted by atomic mass is 9.93. The number of halogens is 2. The minimum atomic E-state index is -1.06. The van der Waals surface area contributed by atoms with Gasteiger partial charge in [-0.1, -0.05) is 23.2 Å². The molecule has 1 atom stereocenters. The Balaban J connectivity index is 2.08. The molecule has 0 fully saturated rings. The molecule has 1 aliphatic heterocycles. The van der Waals surface area contributed by atoms with Gasteiger partial charge in [-0.15, -0.1) is 0 Å². The van der Waals surface area contributed by atoms with Crippen LogP contribution in [-0.4, -0.2) is 41.5 Å². The molecule has 21 heavy (non-hydrogen) atoms. The van der Waals surface area contributed by atoms with Crippen LogP contribution in [0.2, 0.25) is 10.0 Å². The van der Waals surface area contributed by atoms with Crippen molar-refractivity contribution in [3.05, 3.63) is 33.3 Å². The van der Waals surface area contributed by atoms with Gasteiger partial charge < -0.3 is 10.4 Å². The van der Waals surface area contributed by atoms with E-state index in [0.29, 0.717) is 16.6 Å². The minimum Gasteiger partial charge on any atom is -0.480 e. The van der Waals surface area contributed by atoms with Crippen LogP contribution in [-0.2, 0) is 16.0 Å². The number of aliphatic carboxylic acids is 1. The Morgan fingerprint density at radius 3 is 2.81 bits per heavy atom. The van der Waals surface area contributed by atoms with Crippen molar-refractivity contribution in [2.24, 2.45) is 0 Å². The van der Waals surface area contributed by atoms with Gasteiger partial charge in [0.25, 0.3) is 0 Å². The molecule has 0 radical (unpaired) electrons. The number of hydrogen-bond donors (Lipinski definition) is 2. The second-order valence-electron chi connectivity index (χ2n) is 5.03. The third-order valence-corrected chi connectivity index (χ3v) is 4.13. The Hall–Kier alpha value is -1.30. The quantitative estimate of drug-likeness (QED) is 0.887. The van der Waals surface area contributed by atoms with Gasteiger partial charge in [0.15, 0.2) is 0 Å². The Labute approximate surface area is 132 Å². The topological polar surface area (TPSA) is 69.6 Å². The largest absolute Gasteiger partial charge is 0.480 e. The molecule has 0 aromatic heterocycles. The second kappa shape index (κ2) is 6.64. The summed E-state index contributed by atoms with van der Waals surface area (Å²) in [5.41, 5.74) is 2.08. The van der Waals surface area contributed by atoms with E-state index in [9.17, 15) is 9.59 Å². The highest BCUT2D eigenvalue weighted by molar-refractivity contribution is 6.35. The first-order valence-corrected chi connectivity index (χ1v) is 7.34. The van der Waals surface area contributed by atoms with Crippen molar-refractivity contribution in [3.63, 3.8) is 0 Å². The molecule has 2 rings (SSSR count). The average molecular weight is 331 g/mol. The molecule has 1 unspecified atom stereocenters. The number of nitrogens with one attached hydrogen (secondary N) is 1. The smallest absolute Gasteiger partial charge is 0.322 e. The number of benzene rings is 1. The van der Waals surface area contributed by atoms with Crippen molar-refractivity contribution in [2.75, 3.05) is 19.6 Å². The normalized spacial score (nSPS) is 18.1. The summed E-state index contributed by atoms with van der Waals surface area (Å²) in [4.78, 5) is 24.2. The van der Waals surface area contributed by atoms with Crippen molar-refractivity contribution in [3.8, 4) is 0 Å². The molecule has 5 nitrogen and oxygen atoms in total. The fourth-order valence-corrected chi connectivity index (χ4v) is 3.28. The highest BCUT2D eigenvalue weighted by atomic mass is 35.5. The highest BCUT2D eigenvalue weighted by Gasteiger charge is 2.27. The zero-order valence-corrected chi connectivity index (χ0v) is 13.0. The van der Waals surface area contributed by atoms with Crippen molar-refractivity contribution in [2.45, 2.75) is 19.4 Å². The van der Waals surface area contributed by atoms with E-state index in [4.69, 9.17) is 28.3 Å². The van der Waals surface area contributed by atoms with Crippen LogP contribution in [0.15, 0.2) is 12.1 Å². The number of fused-ring (bicyclic) bond motifs is 1. The van der Waals surface area contributed by atoms with E-state index in [2.05, 4.69) is 5.32 Å². The first-order chi connectivity index (χ1) is 9.88. The summed E-state index contributed by atoms with van der Waals surface area (Å²) in [7, 11) is 0. The molecular weight excluding hydrogens is 315 g/mol. The molecule has 1 heterocycles. The van der Waals surface area contributed by atoms with Crippen LogP contribution in [0.1, 0.15) is 24.1 Å². The maximum absolute atomic E-state index is 11.7. The van der Waals surface area contributed by atoms with E-state index in [1.165, 1.54) is 0 Å². The van der Waals surface area contributed by atoms with Gasteiger partial charge in [-0.3, -0.25) is 14.5 Å². The van der Waals surface area contributed by atoms with Gasteiger partial charge in [0, 0.05) is 22.6 Å². The predicted octanol–water partition coefficient (Wildman–Crippen LogP) is 2.11. The molecule has 0 spiro atoms. The number of carboxylic acid groups (broad SMARTS) is 1. The van der Waals surface area contributed by atoms with Crippen LogP contribution < -0.4 is 5.32 Å². The number of carbonyl (C=O) groups excluding carboxylic acids is 1. The van der Waals surface area contributed by atoms with Crippen molar-refractivity contribution >= 4 is 35.1 Å². The number of amides is 1. The maximum Gasteiger partial charge on any atom is 0.322 e. The van der Waals surface area contributed by atoms with E-state index in [1.54, 1.807) is 6.07 Å². The molecule has 0 aliphatic carbocycles. The van der Waals surface area contributed by atoms with Crippen LogP contribution in [0.3, 0.4) is 0 Å². The average Bonchev–Trinajstić information content (AvgIpc) is 2.39. The lowest BCUT2D eigenvalue weighted by Gasteiger charge is -2.35. The van der Waals surface area contributed by atoms with Crippen LogP contribution in [0.4, 0.5) is 0 Å². The maximum atomic E-state index is 11.7. The standard InChI is InChI=1S/C14H16Cl2N2O3/c1-8-14-9(4-10(15)5-11(14)16)2-3-18(8)7-12(19)17-6-13(20)21/h4-5,8H,2-3,6-7H2,1H3,(H,17,19)(H,20,21). The van der Waals surface area contributed by atoms with Gasteiger partial charge in [-0.25, -0.2) is 0 Å². The van der Waals surface area contributed by atoms with E-state index < -0.39 is 5.97 Å². The summed E-state index contributed by atoms with van der Waals surface area (Å²) >= 11 is 12.3. The molecule has 1 aromatic carbocycles. The molecule has 7 heteroatoms. The van der Waals surface area contributed by atoms with Crippen LogP contribution in [0.5, 0.6) is 0 Å². The van der Waals surface area contributed by atoms with Gasteiger partial charge in [-0.05, 0) is 36.6 Å². The lowest BCUT2D eigenvalue weighted by molar-refractivity contribution is -0.138. The van der Waals surface area contributed by atoms with E-state index in [0.717, 1.165) is 17.5 Å². The zero-order chi connectivity index (χ0) is 15.6. The van der Waals surface area contributed by atoms with Crippen molar-refractivity contribution in [1.82, 2.24) is 10.2 Å². The minimum absolute atomic E-state index is 0.0194. The Bertz CT molecular complexity index is 578. The van der Waals surface area contributed by atoms with E-state index in [1.807, 2.05) is 17.9 Å². The highest BCUT2D eigenvalue weighted by Crippen LogP contribution is 2.36. The predicted molar refractivity (Wildman–Crippen MR) is 80.8 cm³/mol. The van der Waals surface area contributed by atoms with Crippen LogP contribution in [0.25, 0.3) is 0 Å². The third kappa shape index (κ3) is 3.87. The monoisotopic (exact) mass is 330 g/mol. The Morgan fingerprint density at radius 1 is 1.43 bits per heavy atom. The molecule has 2 N–H and O–H groups in total. The molecule has 1 amide bonds. The fraction of sp³-hybridized carbons (Fsp3) is 0.429. The molecule has 1 aromatic rings. The van der Waals surface area contributed by atoms with E-state index >= 15 is 0 Å². The molecule has 114 valence electrons. The summed E-state index contributed by atoms with van der Waals surface area (Å²) in [6.07, 6.45) is 0.756. The number of nitrogens with zero attached hydrogens (tertiary/aromatic N) is 1. The van der Waals surface area contributed by atoms with E-state index in [-0.39, 0.29) is 25.0 Å². The summed E-state index contributed by atoms with van der Waals surface area (Å²) in [6.45, 7) is 2.45. The van der Waals surface area contributed by atoms with Crippen LogP contribution >= 0.6 is 23.2 Å². The number of rotatable bonds is 4. The fourth-order valence-electron chi connectivity index (χ4n) is 2.58. The molecule has 0 saturated heterocycles. The Morgan fingerprint density at radius 2 is 2.14 bits per heavy atom. The zero-order valence-electron chi connectivity index (χ0n) is 11.5. The molecule has 0 bridgehead atoms. The second-order valence-corrected chi connectivity index (χ2v) is 5.87. The number of carboxylic acids is 1. The molecule has 1 aliphatic rings. The SMILES string of the molecule is CC1c2c(Cl)cc(Cl)cc2CCN1CC(=O)NCC(=O)O. The van der Waals surface area contributed by atoms with Crippen molar-refractivity contribution < 1.29 is 14.7 Å². The summed E-state index contributed by atoms with van der Waals surface area (Å²) < 4.78 is 0.